The molecule has 0 amide bonds. The molecule has 0 aliphatic rings. The highest BCUT2D eigenvalue weighted by Crippen LogP contribution is 2.44. The fourth-order valence-corrected chi connectivity index (χ4v) is 12.3. The second-order valence-corrected chi connectivity index (χ2v) is 24.8. The van der Waals surface area contributed by atoms with Crippen LogP contribution in [0.2, 0.25) is 5.02 Å². The highest BCUT2D eigenvalue weighted by molar-refractivity contribution is 7.99. The fraction of sp³-hybridized carbons (Fsp3) is 0.205. The Hall–Kier alpha value is -6.67. The first kappa shape index (κ1) is 55.6. The Bertz CT molecular complexity index is 4320. The van der Waals surface area contributed by atoms with E-state index in [1.807, 2.05) is 6.07 Å². The minimum atomic E-state index is -4.90. The van der Waals surface area contributed by atoms with Crippen LogP contribution in [-0.4, -0.2) is 100 Å². The van der Waals surface area contributed by atoms with Crippen LogP contribution in [0.25, 0.3) is 37.7 Å². The van der Waals surface area contributed by atoms with E-state index in [-0.39, 0.29) is 108 Å². The van der Waals surface area contributed by atoms with Crippen LogP contribution in [0, 0.1) is 25.2 Å². The molecule has 32 heteroatoms. The number of fused-ring (bicyclic) bond motifs is 6. The maximum atomic E-state index is 12.4. The first-order valence-corrected chi connectivity index (χ1v) is 29.9. The van der Waals surface area contributed by atoms with Gasteiger partial charge in [-0.3, -0.25) is 22.6 Å². The Labute approximate surface area is 444 Å². The number of halogens is 1. The number of aliphatic hydroxyl groups excluding tert-OH is 1. The molecule has 0 aliphatic carbocycles. The summed E-state index contributed by atoms with van der Waals surface area (Å²) in [6, 6.07) is 18.0. The predicted octanol–water partition coefficient (Wildman–Crippen LogP) is 10.4. The molecule has 0 radical (unpaired) electrons. The fourth-order valence-electron chi connectivity index (χ4n) is 7.58. The van der Waals surface area contributed by atoms with Crippen molar-refractivity contribution in [3.63, 3.8) is 0 Å². The molecule has 396 valence electrons. The lowest BCUT2D eigenvalue weighted by Crippen LogP contribution is -2.08. The van der Waals surface area contributed by atoms with Crippen molar-refractivity contribution in [1.29, 1.82) is 5.26 Å². The van der Waals surface area contributed by atoms with E-state index in [1.54, 1.807) is 31.2 Å². The quantitative estimate of drug-likeness (QED) is 0.0190. The number of rotatable bonds is 19. The van der Waals surface area contributed by atoms with Gasteiger partial charge in [-0.05, 0) is 79.8 Å². The van der Waals surface area contributed by atoms with E-state index in [0.29, 0.717) is 25.9 Å². The first-order valence-electron chi connectivity index (χ1n) is 21.6. The van der Waals surface area contributed by atoms with Crippen molar-refractivity contribution >= 4 is 146 Å². The van der Waals surface area contributed by atoms with Gasteiger partial charge in [0.2, 0.25) is 11.0 Å². The van der Waals surface area contributed by atoms with Gasteiger partial charge in [0.05, 0.1) is 52.0 Å². The highest BCUT2D eigenvalue weighted by atomic mass is 35.5. The number of benzene rings is 5. The number of aliphatic hydroxyl groups is 1. The predicted molar refractivity (Wildman–Crippen MR) is 280 cm³/mol. The van der Waals surface area contributed by atoms with Gasteiger partial charge in [-0.25, -0.2) is 9.97 Å². The molecule has 3 heterocycles. The normalized spacial score (nSPS) is 12.9. The Balaban J connectivity index is 1.19. The number of nitrogens with zero attached hydrogens (tertiary/aromatic N) is 10. The third kappa shape index (κ3) is 12.3. The number of pyridine rings is 1. The second-order valence-electron chi connectivity index (χ2n) is 16.3. The summed E-state index contributed by atoms with van der Waals surface area (Å²) in [7, 11) is -18.3. The summed E-state index contributed by atoms with van der Waals surface area (Å²) in [5.41, 5.74) is -0.200. The van der Waals surface area contributed by atoms with Gasteiger partial charge in [-0.1, -0.05) is 47.2 Å². The third-order valence-corrected chi connectivity index (χ3v) is 16.7. The van der Waals surface area contributed by atoms with Crippen molar-refractivity contribution in [2.75, 3.05) is 23.9 Å². The molecule has 5 aromatic carbocycles. The summed E-state index contributed by atoms with van der Waals surface area (Å²) in [6.45, 7) is 2.10. The lowest BCUT2D eigenvalue weighted by Gasteiger charge is -2.12. The summed E-state index contributed by atoms with van der Waals surface area (Å²) in [6.07, 6.45) is -0.204. The molecular formula is C44H37ClN10O15S6. The van der Waals surface area contributed by atoms with Crippen LogP contribution in [0.3, 0.4) is 0 Å². The number of imidazole rings is 1. The van der Waals surface area contributed by atoms with Crippen molar-refractivity contribution in [3.05, 3.63) is 94.0 Å². The van der Waals surface area contributed by atoms with E-state index in [0.717, 1.165) is 33.6 Å². The molecule has 76 heavy (non-hydrogen) atoms. The van der Waals surface area contributed by atoms with Gasteiger partial charge in [-0.2, -0.15) is 44.0 Å². The third-order valence-electron chi connectivity index (χ3n) is 11.1. The van der Waals surface area contributed by atoms with Crippen LogP contribution in [0.4, 0.5) is 33.6 Å². The number of azo groups is 3. The summed E-state index contributed by atoms with van der Waals surface area (Å²) < 4.78 is 141. The topological polar surface area (TPSA) is 395 Å². The monoisotopic (exact) mass is 1170 g/mol. The van der Waals surface area contributed by atoms with Crippen molar-refractivity contribution in [1.82, 2.24) is 14.4 Å². The minimum Gasteiger partial charge on any atom is -0.493 e. The van der Waals surface area contributed by atoms with E-state index >= 15 is 0 Å². The molecule has 8 aromatic rings. The molecule has 0 saturated heterocycles. The molecule has 0 atom stereocenters. The zero-order valence-electron chi connectivity index (χ0n) is 39.0. The number of nitriles is 1. The van der Waals surface area contributed by atoms with E-state index < -0.39 is 74.3 Å². The standard InChI is InChI=1S/C44H37ClN10O15S6/c1-22-13-31(51-53-38-23(2)28(20-46)42-47-39-33(55(42)43(38)57)16-26(45)17-37(39)76(67,68)69)34(70-9-5-11-73(58,59)60)18-29(22)49-52-32-14-25(21-56)30(19-35(32)71-10-6-12-74(61,62)63)50-54-44-48-40-36(75(64,65)66)15-24-7-3-4-8-27(24)41(40)72-44/h3-4,7-8,13-19,56-57H,5-6,9-12,21H2,1-2H3,(H,58,59,60)(H,61,62,63)(H,64,65,66)(H,67,68,69). The Morgan fingerprint density at radius 3 is 2.11 bits per heavy atom. The van der Waals surface area contributed by atoms with Gasteiger partial charge >= 0.3 is 0 Å². The summed E-state index contributed by atoms with van der Waals surface area (Å²) in [5, 5.41) is 59.3. The number of thiazole rings is 1. The average molecular weight is 1170 g/mol. The van der Waals surface area contributed by atoms with Crippen LogP contribution in [0.15, 0.2) is 112 Å². The Morgan fingerprint density at radius 2 is 1.42 bits per heavy atom. The Kier molecular flexibility index (Phi) is 15.9. The number of aryl methyl sites for hydroxylation is 1. The minimum absolute atomic E-state index is 0.00491. The average Bonchev–Trinajstić information content (AvgIpc) is 3.96. The summed E-state index contributed by atoms with van der Waals surface area (Å²) in [4.78, 5) is 7.78. The number of ether oxygens (including phenoxy) is 1. The summed E-state index contributed by atoms with van der Waals surface area (Å²) >= 11 is 8.28. The molecule has 25 nitrogen and oxygen atoms in total. The van der Waals surface area contributed by atoms with Crippen LogP contribution in [0.5, 0.6) is 11.6 Å². The molecule has 0 spiro atoms. The van der Waals surface area contributed by atoms with E-state index in [9.17, 15) is 67.4 Å². The van der Waals surface area contributed by atoms with Crippen LogP contribution >= 0.6 is 34.7 Å². The lowest BCUT2D eigenvalue weighted by molar-refractivity contribution is 0.282. The van der Waals surface area contributed by atoms with Gasteiger partial charge in [0, 0.05) is 32.5 Å². The molecule has 3 aromatic heterocycles. The highest BCUT2D eigenvalue weighted by Gasteiger charge is 2.26. The van der Waals surface area contributed by atoms with Crippen molar-refractivity contribution in [2.24, 2.45) is 30.7 Å². The van der Waals surface area contributed by atoms with Crippen molar-refractivity contribution in [3.8, 4) is 17.7 Å². The van der Waals surface area contributed by atoms with Gasteiger partial charge in [0.25, 0.3) is 40.5 Å². The molecular weight excluding hydrogens is 1140 g/mol. The number of aromatic hydroxyl groups is 1. The lowest BCUT2D eigenvalue weighted by atomic mass is 10.1. The van der Waals surface area contributed by atoms with E-state index in [1.165, 1.54) is 43.3 Å². The smallest absolute Gasteiger partial charge is 0.296 e. The SMILES string of the molecule is Cc1cc(N=Nc2c(C)c(C#N)c3nc4c(S(=O)(=O)O)cc(Cl)cc4n3c2O)c(OCCCS(=O)(=O)O)cc1N=Nc1cc(CO)c(N=Nc2nc3c(S(=O)(=O)O)cc4ccccc4c3s2)cc1SCCCS(=O)(=O)O. The molecule has 0 unspecified atom stereocenters. The second kappa shape index (κ2) is 21.8. The van der Waals surface area contributed by atoms with Crippen LogP contribution < -0.4 is 4.74 Å². The van der Waals surface area contributed by atoms with E-state index in [4.69, 9.17) is 16.3 Å². The number of aromatic nitrogens is 3. The van der Waals surface area contributed by atoms with Gasteiger partial charge < -0.3 is 14.9 Å². The molecule has 8 rings (SSSR count). The Morgan fingerprint density at radius 1 is 0.763 bits per heavy atom. The largest absolute Gasteiger partial charge is 0.493 e. The molecule has 0 fully saturated rings. The van der Waals surface area contributed by atoms with Crippen LogP contribution in [0.1, 0.15) is 35.1 Å². The molecule has 0 saturated carbocycles. The van der Waals surface area contributed by atoms with Crippen LogP contribution in [-0.2, 0) is 47.1 Å². The maximum Gasteiger partial charge on any atom is 0.296 e. The van der Waals surface area contributed by atoms with Gasteiger partial charge in [-0.15, -0.1) is 37.3 Å². The molecule has 0 aliphatic heterocycles. The van der Waals surface area contributed by atoms with Crippen molar-refractivity contribution in [2.45, 2.75) is 48.0 Å². The zero-order chi connectivity index (χ0) is 55.1. The molecule has 0 bridgehead atoms. The van der Waals surface area contributed by atoms with E-state index in [2.05, 4.69) is 40.7 Å². The summed E-state index contributed by atoms with van der Waals surface area (Å²) in [5.74, 6) is -1.86. The zero-order valence-corrected chi connectivity index (χ0v) is 44.6. The van der Waals surface area contributed by atoms with Gasteiger partial charge in [0.1, 0.15) is 43.9 Å². The van der Waals surface area contributed by atoms with Crippen molar-refractivity contribution < 1.29 is 66.8 Å². The number of hydrogen-bond acceptors (Lipinski definition) is 22. The number of hydrogen-bond donors (Lipinski definition) is 6. The first-order chi connectivity index (χ1) is 35.7. The number of thioether (sulfide) groups is 1. The molecule has 6 N–H and O–H groups in total. The maximum absolute atomic E-state index is 12.4. The van der Waals surface area contributed by atoms with Gasteiger partial charge in [0.15, 0.2) is 11.3 Å².